The number of carbonyl (C=O) groups is 1. The lowest BCUT2D eigenvalue weighted by Gasteiger charge is -1.86. The minimum absolute atomic E-state index is 0.167. The van der Waals surface area contributed by atoms with Crippen LogP contribution >= 0.6 is 7.14 Å². The average molecular weight is 150 g/mol. The van der Waals surface area contributed by atoms with E-state index >= 15 is 0 Å². The Bertz CT molecular complexity index is 111. The molecule has 0 aromatic carbocycles. The van der Waals surface area contributed by atoms with Crippen LogP contribution in [0.4, 0.5) is 0 Å². The molecule has 0 aliphatic rings. The normalized spacial score (nSPS) is 9.44. The minimum Gasteiger partial charge on any atom is -0.324 e. The molecule has 0 fully saturated rings. The minimum atomic E-state index is -1.64. The molecule has 0 unspecified atom stereocenters. The molecule has 9 heavy (non-hydrogen) atoms. The van der Waals surface area contributed by atoms with E-state index in [0.717, 1.165) is 0 Å². The Morgan fingerprint density at radius 2 is 1.11 bits per heavy atom. The lowest BCUT2D eigenvalue weighted by molar-refractivity contribution is -0.114. The third-order valence-corrected chi connectivity index (χ3v) is 0. The highest BCUT2D eigenvalue weighted by Gasteiger charge is 1.89. The summed E-state index contributed by atoms with van der Waals surface area (Å²) in [5.74, 6) is 0.167. The van der Waals surface area contributed by atoms with Gasteiger partial charge in [0, 0.05) is 0 Å². The van der Waals surface area contributed by atoms with E-state index in [9.17, 15) is 9.36 Å². The molecule has 0 radical (unpaired) electrons. The first-order valence-corrected chi connectivity index (χ1v) is 5.78. The fourth-order valence-corrected chi connectivity index (χ4v) is 0. The number of hydrogen-bond donors (Lipinski definition) is 0. The van der Waals surface area contributed by atoms with Gasteiger partial charge in [0.15, 0.2) is 0 Å². The molecule has 0 aliphatic heterocycles. The first-order chi connectivity index (χ1) is 3.73. The predicted octanol–water partition coefficient (Wildman–Crippen LogP) is 1.83. The average Bonchev–Trinajstić information content (AvgIpc) is 1.19. The Hall–Kier alpha value is -0.100. The van der Waals surface area contributed by atoms with Gasteiger partial charge in [-0.1, -0.05) is 0 Å². The van der Waals surface area contributed by atoms with Crippen LogP contribution in [0.25, 0.3) is 0 Å². The number of hydrogen-bond acceptors (Lipinski definition) is 2. The summed E-state index contributed by atoms with van der Waals surface area (Å²) in [6.07, 6.45) is 0. The zero-order valence-corrected chi connectivity index (χ0v) is 7.66. The van der Waals surface area contributed by atoms with Crippen molar-refractivity contribution in [1.82, 2.24) is 0 Å². The van der Waals surface area contributed by atoms with Crippen molar-refractivity contribution in [2.75, 3.05) is 20.0 Å². The summed E-state index contributed by atoms with van der Waals surface area (Å²) in [6, 6.07) is 0. The number of ketones is 1. The Kier molecular flexibility index (Phi) is 6.16. The third kappa shape index (κ3) is 27500. The standard InChI is InChI=1S/C3H9OP.C3H6O/c1-5(2,3)4;1-3(2)4/h1-3H3;1-2H3. The van der Waals surface area contributed by atoms with Crippen molar-refractivity contribution in [1.29, 1.82) is 0 Å². The zero-order valence-electron chi connectivity index (χ0n) is 6.76. The van der Waals surface area contributed by atoms with Gasteiger partial charge in [-0.05, 0) is 33.8 Å². The summed E-state index contributed by atoms with van der Waals surface area (Å²) in [5, 5.41) is 0. The predicted molar refractivity (Wildman–Crippen MR) is 41.7 cm³/mol. The molecule has 0 aromatic heterocycles. The molecule has 56 valence electrons. The van der Waals surface area contributed by atoms with Crippen LogP contribution in [0.3, 0.4) is 0 Å². The van der Waals surface area contributed by atoms with Gasteiger partial charge < -0.3 is 9.36 Å². The summed E-state index contributed by atoms with van der Waals surface area (Å²) in [7, 11) is -1.64. The Morgan fingerprint density at radius 1 is 1.11 bits per heavy atom. The second-order valence-electron chi connectivity index (χ2n) is 2.80. The molecule has 0 amide bonds. The van der Waals surface area contributed by atoms with Crippen LogP contribution in [-0.4, -0.2) is 25.8 Å². The smallest absolute Gasteiger partial charge is 0.126 e. The Balaban J connectivity index is 0. The molecule has 0 saturated heterocycles. The van der Waals surface area contributed by atoms with Crippen molar-refractivity contribution < 1.29 is 9.36 Å². The Morgan fingerprint density at radius 3 is 1.11 bits per heavy atom. The van der Waals surface area contributed by atoms with Crippen LogP contribution < -0.4 is 0 Å². The molecule has 0 spiro atoms. The van der Waals surface area contributed by atoms with Gasteiger partial charge in [0.05, 0.1) is 7.14 Å². The van der Waals surface area contributed by atoms with Crippen molar-refractivity contribution in [2.45, 2.75) is 13.8 Å². The van der Waals surface area contributed by atoms with Gasteiger partial charge in [0.1, 0.15) is 5.78 Å². The molecular weight excluding hydrogens is 135 g/mol. The van der Waals surface area contributed by atoms with Crippen LogP contribution in [0.1, 0.15) is 13.8 Å². The van der Waals surface area contributed by atoms with Crippen LogP contribution in [0.2, 0.25) is 0 Å². The quantitative estimate of drug-likeness (QED) is 0.494. The SMILES string of the molecule is CC(C)=O.CP(C)(C)=O. The molecule has 0 rings (SSSR count). The summed E-state index contributed by atoms with van der Waals surface area (Å²) >= 11 is 0. The first kappa shape index (κ1) is 11.7. The monoisotopic (exact) mass is 150 g/mol. The summed E-state index contributed by atoms with van der Waals surface area (Å²) in [5.41, 5.74) is 0. The van der Waals surface area contributed by atoms with E-state index in [2.05, 4.69) is 0 Å². The van der Waals surface area contributed by atoms with E-state index in [0.29, 0.717) is 0 Å². The van der Waals surface area contributed by atoms with Crippen LogP contribution in [0.15, 0.2) is 0 Å². The largest absolute Gasteiger partial charge is 0.324 e. The summed E-state index contributed by atoms with van der Waals surface area (Å²) < 4.78 is 10.2. The molecule has 0 aromatic rings. The van der Waals surface area contributed by atoms with Crippen molar-refractivity contribution in [3.05, 3.63) is 0 Å². The molecule has 0 heterocycles. The van der Waals surface area contributed by atoms with Gasteiger partial charge in [-0.2, -0.15) is 0 Å². The van der Waals surface area contributed by atoms with Gasteiger partial charge in [-0.25, -0.2) is 0 Å². The lowest BCUT2D eigenvalue weighted by Crippen LogP contribution is -1.69. The van der Waals surface area contributed by atoms with E-state index < -0.39 is 7.14 Å². The maximum Gasteiger partial charge on any atom is 0.126 e. The zero-order chi connectivity index (χ0) is 8.08. The number of rotatable bonds is 0. The Labute approximate surface area is 57.0 Å². The molecule has 0 N–H and O–H groups in total. The maximum atomic E-state index is 10.2. The number of Topliss-reactive ketones (excluding diaryl/α,β-unsaturated/α-hetero) is 1. The van der Waals surface area contributed by atoms with Crippen molar-refractivity contribution in [2.24, 2.45) is 0 Å². The molecule has 2 nitrogen and oxygen atoms in total. The molecule has 0 aliphatic carbocycles. The molecule has 0 bridgehead atoms. The van der Waals surface area contributed by atoms with Gasteiger partial charge >= 0.3 is 0 Å². The fourth-order valence-electron chi connectivity index (χ4n) is 0. The van der Waals surface area contributed by atoms with E-state index in [4.69, 9.17) is 0 Å². The first-order valence-electron chi connectivity index (χ1n) is 2.73. The topological polar surface area (TPSA) is 34.1 Å². The van der Waals surface area contributed by atoms with Crippen LogP contribution in [0, 0.1) is 0 Å². The molecule has 0 atom stereocenters. The van der Waals surface area contributed by atoms with Crippen LogP contribution in [-0.2, 0) is 9.36 Å². The van der Waals surface area contributed by atoms with Crippen molar-refractivity contribution >= 4 is 12.9 Å². The highest BCUT2D eigenvalue weighted by molar-refractivity contribution is 7.61. The molecule has 3 heteroatoms. The fraction of sp³-hybridized carbons (Fsp3) is 0.833. The summed E-state index contributed by atoms with van der Waals surface area (Å²) in [6.45, 7) is 8.28. The third-order valence-electron chi connectivity index (χ3n) is 0. The van der Waals surface area contributed by atoms with E-state index in [1.54, 1.807) is 20.0 Å². The van der Waals surface area contributed by atoms with Gasteiger partial charge in [-0.15, -0.1) is 0 Å². The lowest BCUT2D eigenvalue weighted by atomic mass is 10.6. The molecule has 0 saturated carbocycles. The highest BCUT2D eigenvalue weighted by atomic mass is 31.2. The van der Waals surface area contributed by atoms with Crippen molar-refractivity contribution in [3.63, 3.8) is 0 Å². The van der Waals surface area contributed by atoms with Gasteiger partial charge in [0.2, 0.25) is 0 Å². The van der Waals surface area contributed by atoms with Gasteiger partial charge in [0.25, 0.3) is 0 Å². The van der Waals surface area contributed by atoms with E-state index in [1.165, 1.54) is 13.8 Å². The van der Waals surface area contributed by atoms with E-state index in [1.807, 2.05) is 0 Å². The molecular formula is C6H15O2P. The van der Waals surface area contributed by atoms with Crippen LogP contribution in [0.5, 0.6) is 0 Å². The van der Waals surface area contributed by atoms with Gasteiger partial charge in [-0.3, -0.25) is 0 Å². The second kappa shape index (κ2) is 4.75. The summed E-state index contributed by atoms with van der Waals surface area (Å²) in [4.78, 5) is 9.44. The van der Waals surface area contributed by atoms with E-state index in [-0.39, 0.29) is 5.78 Å². The van der Waals surface area contributed by atoms with Crippen molar-refractivity contribution in [3.8, 4) is 0 Å². The maximum absolute atomic E-state index is 10.2. The highest BCUT2D eigenvalue weighted by Crippen LogP contribution is 2.28. The second-order valence-corrected chi connectivity index (χ2v) is 6.58. The number of carbonyl (C=O) groups excluding carboxylic acids is 1.